The maximum atomic E-state index is 13.2. The van der Waals surface area contributed by atoms with Gasteiger partial charge in [0.25, 0.3) is 0 Å². The predicted molar refractivity (Wildman–Crippen MR) is 73.6 cm³/mol. The summed E-state index contributed by atoms with van der Waals surface area (Å²) < 4.78 is 13.2. The number of hydrogen-bond acceptors (Lipinski definition) is 4. The third-order valence-corrected chi connectivity index (χ3v) is 2.75. The molecule has 0 aliphatic carbocycles. The smallest absolute Gasteiger partial charge is 0.141 e. The summed E-state index contributed by atoms with van der Waals surface area (Å²) in [6.45, 7) is 0. The van der Waals surface area contributed by atoms with Gasteiger partial charge in [-0.2, -0.15) is 0 Å². The maximum absolute atomic E-state index is 13.2. The lowest BCUT2D eigenvalue weighted by Gasteiger charge is -2.08. The highest BCUT2D eigenvalue weighted by Crippen LogP contribution is 2.24. The van der Waals surface area contributed by atoms with Crippen LogP contribution in [0.2, 0.25) is 0 Å². The van der Waals surface area contributed by atoms with Crippen LogP contribution in [0, 0.1) is 5.82 Å². The highest BCUT2D eigenvalue weighted by Gasteiger charge is 2.05. The van der Waals surface area contributed by atoms with Gasteiger partial charge in [-0.15, -0.1) is 0 Å². The van der Waals surface area contributed by atoms with Crippen molar-refractivity contribution in [3.05, 3.63) is 54.6 Å². The van der Waals surface area contributed by atoms with Crippen molar-refractivity contribution in [3.8, 4) is 0 Å². The molecule has 0 fully saturated rings. The van der Waals surface area contributed by atoms with Crippen molar-refractivity contribution >= 4 is 28.1 Å². The molecule has 0 spiro atoms. The predicted octanol–water partition coefficient (Wildman–Crippen LogP) is 3.09. The van der Waals surface area contributed by atoms with Gasteiger partial charge in [0.1, 0.15) is 18.0 Å². The van der Waals surface area contributed by atoms with E-state index in [1.807, 2.05) is 6.07 Å². The second kappa shape index (κ2) is 4.53. The molecule has 4 nitrogen and oxygen atoms in total. The molecule has 0 amide bonds. The van der Waals surface area contributed by atoms with Crippen molar-refractivity contribution in [3.63, 3.8) is 0 Å². The van der Waals surface area contributed by atoms with E-state index >= 15 is 0 Å². The van der Waals surface area contributed by atoms with Crippen LogP contribution in [0.1, 0.15) is 0 Å². The van der Waals surface area contributed by atoms with Crippen LogP contribution in [-0.2, 0) is 0 Å². The van der Waals surface area contributed by atoms with Gasteiger partial charge in [-0.3, -0.25) is 0 Å². The molecule has 1 aromatic heterocycles. The number of halogens is 1. The van der Waals surface area contributed by atoms with E-state index in [2.05, 4.69) is 15.3 Å². The Balaban J connectivity index is 2.07. The molecule has 0 radical (unpaired) electrons. The number of aromatic nitrogens is 2. The van der Waals surface area contributed by atoms with Gasteiger partial charge in [0.15, 0.2) is 0 Å². The third-order valence-electron chi connectivity index (χ3n) is 2.75. The first-order chi connectivity index (χ1) is 9.22. The Morgan fingerprint density at radius 3 is 2.79 bits per heavy atom. The summed E-state index contributed by atoms with van der Waals surface area (Å²) in [6, 6.07) is 11.6. The molecule has 0 bridgehead atoms. The van der Waals surface area contributed by atoms with Crippen molar-refractivity contribution in [2.24, 2.45) is 0 Å². The lowest BCUT2D eigenvalue weighted by Crippen LogP contribution is -1.97. The minimum absolute atomic E-state index is 0.303. The molecular formula is C14H11FN4. The van der Waals surface area contributed by atoms with Gasteiger partial charge < -0.3 is 11.1 Å². The topological polar surface area (TPSA) is 63.8 Å². The van der Waals surface area contributed by atoms with Gasteiger partial charge in [0.05, 0.1) is 5.52 Å². The van der Waals surface area contributed by atoms with E-state index in [-0.39, 0.29) is 5.82 Å². The Labute approximate surface area is 109 Å². The molecule has 0 saturated heterocycles. The van der Waals surface area contributed by atoms with Crippen molar-refractivity contribution in [1.29, 1.82) is 0 Å². The fourth-order valence-electron chi connectivity index (χ4n) is 1.88. The largest absolute Gasteiger partial charge is 0.399 e. The van der Waals surface area contributed by atoms with Crippen molar-refractivity contribution < 1.29 is 4.39 Å². The number of anilines is 3. The number of benzene rings is 2. The summed E-state index contributed by atoms with van der Waals surface area (Å²) >= 11 is 0. The minimum atomic E-state index is -0.303. The van der Waals surface area contributed by atoms with Gasteiger partial charge in [0.2, 0.25) is 0 Å². The molecule has 1 heterocycles. The molecule has 0 aliphatic heterocycles. The number of nitrogens with one attached hydrogen (secondary N) is 1. The van der Waals surface area contributed by atoms with Crippen LogP contribution in [0.15, 0.2) is 48.8 Å². The fraction of sp³-hybridized carbons (Fsp3) is 0. The molecule has 0 unspecified atom stereocenters. The first-order valence-corrected chi connectivity index (χ1v) is 5.75. The normalized spacial score (nSPS) is 10.6. The summed E-state index contributed by atoms with van der Waals surface area (Å²) in [7, 11) is 0. The Bertz CT molecular complexity index is 742. The van der Waals surface area contributed by atoms with Crippen LogP contribution < -0.4 is 11.1 Å². The molecule has 94 valence electrons. The number of nitrogens with zero attached hydrogens (tertiary/aromatic N) is 2. The molecule has 0 saturated carbocycles. The summed E-state index contributed by atoms with van der Waals surface area (Å²) in [5.74, 6) is 0.297. The second-order valence-corrected chi connectivity index (χ2v) is 4.13. The summed E-state index contributed by atoms with van der Waals surface area (Å²) in [5.41, 5.74) is 7.80. The maximum Gasteiger partial charge on any atom is 0.141 e. The van der Waals surface area contributed by atoms with Crippen LogP contribution in [0.25, 0.3) is 10.9 Å². The van der Waals surface area contributed by atoms with Gasteiger partial charge in [-0.1, -0.05) is 6.07 Å². The standard InChI is InChI=1S/C14H11FN4/c15-9-2-1-3-11(6-9)19-14-12-7-10(16)4-5-13(12)17-8-18-14/h1-8H,16H2,(H,17,18,19). The van der Waals surface area contributed by atoms with E-state index in [9.17, 15) is 4.39 Å². The van der Waals surface area contributed by atoms with E-state index in [1.54, 1.807) is 24.3 Å². The van der Waals surface area contributed by atoms with Gasteiger partial charge in [-0.05, 0) is 36.4 Å². The monoisotopic (exact) mass is 254 g/mol. The van der Waals surface area contributed by atoms with Gasteiger partial charge >= 0.3 is 0 Å². The highest BCUT2D eigenvalue weighted by molar-refractivity contribution is 5.92. The number of nitrogens with two attached hydrogens (primary N) is 1. The lowest BCUT2D eigenvalue weighted by molar-refractivity contribution is 0.628. The van der Waals surface area contributed by atoms with Crippen LogP contribution >= 0.6 is 0 Å². The molecular weight excluding hydrogens is 243 g/mol. The molecule has 5 heteroatoms. The Kier molecular flexibility index (Phi) is 2.72. The molecule has 2 aromatic carbocycles. The lowest BCUT2D eigenvalue weighted by atomic mass is 10.2. The second-order valence-electron chi connectivity index (χ2n) is 4.13. The number of fused-ring (bicyclic) bond motifs is 1. The van der Waals surface area contributed by atoms with Gasteiger partial charge in [-0.25, -0.2) is 14.4 Å². The van der Waals surface area contributed by atoms with Crippen molar-refractivity contribution in [2.75, 3.05) is 11.1 Å². The van der Waals surface area contributed by atoms with Gasteiger partial charge in [0, 0.05) is 16.8 Å². The zero-order chi connectivity index (χ0) is 13.2. The van der Waals surface area contributed by atoms with E-state index in [0.29, 0.717) is 17.2 Å². The third kappa shape index (κ3) is 2.30. The number of nitrogen functional groups attached to an aromatic ring is 1. The summed E-state index contributed by atoms with van der Waals surface area (Å²) in [5, 5.41) is 3.87. The Morgan fingerprint density at radius 2 is 1.95 bits per heavy atom. The average Bonchev–Trinajstić information content (AvgIpc) is 2.39. The average molecular weight is 254 g/mol. The Morgan fingerprint density at radius 1 is 1.05 bits per heavy atom. The first kappa shape index (κ1) is 11.4. The van der Waals surface area contributed by atoms with Crippen LogP contribution in [0.3, 0.4) is 0 Å². The molecule has 0 atom stereocenters. The molecule has 0 aliphatic rings. The van der Waals surface area contributed by atoms with Crippen LogP contribution in [-0.4, -0.2) is 9.97 Å². The Hall–Kier alpha value is -2.69. The van der Waals surface area contributed by atoms with Crippen molar-refractivity contribution in [1.82, 2.24) is 9.97 Å². The van der Waals surface area contributed by atoms with Crippen molar-refractivity contribution in [2.45, 2.75) is 0 Å². The molecule has 3 aromatic rings. The molecule has 3 rings (SSSR count). The SMILES string of the molecule is Nc1ccc2ncnc(Nc3cccc(F)c3)c2c1. The number of hydrogen-bond donors (Lipinski definition) is 2. The van der Waals surface area contributed by atoms with E-state index in [1.165, 1.54) is 18.5 Å². The summed E-state index contributed by atoms with van der Waals surface area (Å²) in [6.07, 6.45) is 1.46. The van der Waals surface area contributed by atoms with E-state index < -0.39 is 0 Å². The van der Waals surface area contributed by atoms with E-state index in [0.717, 1.165) is 10.9 Å². The van der Waals surface area contributed by atoms with Crippen LogP contribution in [0.4, 0.5) is 21.6 Å². The highest BCUT2D eigenvalue weighted by atomic mass is 19.1. The van der Waals surface area contributed by atoms with E-state index in [4.69, 9.17) is 5.73 Å². The minimum Gasteiger partial charge on any atom is -0.399 e. The quantitative estimate of drug-likeness (QED) is 0.690. The molecule has 3 N–H and O–H groups in total. The zero-order valence-corrected chi connectivity index (χ0v) is 9.97. The fourth-order valence-corrected chi connectivity index (χ4v) is 1.88. The zero-order valence-electron chi connectivity index (χ0n) is 9.97. The van der Waals surface area contributed by atoms with Crippen LogP contribution in [0.5, 0.6) is 0 Å². The first-order valence-electron chi connectivity index (χ1n) is 5.75. The number of rotatable bonds is 2. The molecule has 19 heavy (non-hydrogen) atoms. The summed E-state index contributed by atoms with van der Waals surface area (Å²) in [4.78, 5) is 8.33.